The zero-order valence-corrected chi connectivity index (χ0v) is 16.9. The van der Waals surface area contributed by atoms with Gasteiger partial charge in [0.25, 0.3) is 0 Å². The molecule has 1 aliphatic rings. The van der Waals surface area contributed by atoms with Crippen molar-refractivity contribution in [3.63, 3.8) is 0 Å². The summed E-state index contributed by atoms with van der Waals surface area (Å²) in [5.41, 5.74) is 5.45. The van der Waals surface area contributed by atoms with Crippen molar-refractivity contribution in [2.45, 2.75) is 44.6 Å². The molecule has 1 nitrogen and oxygen atoms in total. The third-order valence-electron chi connectivity index (χ3n) is 6.39. The molecule has 0 amide bonds. The van der Waals surface area contributed by atoms with Crippen LogP contribution in [0.25, 0.3) is 22.0 Å². The predicted octanol–water partition coefficient (Wildman–Crippen LogP) is 6.89. The molecule has 0 radical (unpaired) electrons. The lowest BCUT2D eigenvalue weighted by Crippen LogP contribution is -2.36. The van der Waals surface area contributed by atoms with Gasteiger partial charge in [-0.25, -0.2) is 0 Å². The van der Waals surface area contributed by atoms with Crippen LogP contribution < -0.4 is 4.57 Å². The summed E-state index contributed by atoms with van der Waals surface area (Å²) in [7, 11) is 0. The summed E-state index contributed by atoms with van der Waals surface area (Å²) in [5, 5.41) is 2.61. The second-order valence-corrected chi connectivity index (χ2v) is 8.32. The summed E-state index contributed by atoms with van der Waals surface area (Å²) in [6, 6.07) is 31.1. The fraction of sp³-hybridized carbons (Fsp3) is 0.250. The minimum Gasteiger partial charge on any atom is -0.193 e. The third kappa shape index (κ3) is 3.82. The molecular weight excluding hydrogens is 350 g/mol. The number of hydrogen-bond donors (Lipinski definition) is 0. The van der Waals surface area contributed by atoms with Crippen LogP contribution in [0.2, 0.25) is 0 Å². The van der Waals surface area contributed by atoms with Crippen molar-refractivity contribution < 1.29 is 4.57 Å². The van der Waals surface area contributed by atoms with Crippen LogP contribution in [0.5, 0.6) is 0 Å². The van der Waals surface area contributed by atoms with Crippen molar-refractivity contribution in [3.05, 3.63) is 102 Å². The van der Waals surface area contributed by atoms with E-state index in [4.69, 9.17) is 0 Å². The van der Waals surface area contributed by atoms with Gasteiger partial charge in [0.15, 0.2) is 12.7 Å². The maximum Gasteiger partial charge on any atom is 0.220 e. The molecule has 0 saturated heterocycles. The molecule has 4 aromatic rings. The summed E-state index contributed by atoms with van der Waals surface area (Å²) >= 11 is 0. The van der Waals surface area contributed by atoms with Gasteiger partial charge in [0.1, 0.15) is 0 Å². The van der Waals surface area contributed by atoms with Gasteiger partial charge in [-0.1, -0.05) is 79.9 Å². The van der Waals surface area contributed by atoms with Crippen LogP contribution in [0.4, 0.5) is 0 Å². The van der Waals surface area contributed by atoms with E-state index in [9.17, 15) is 0 Å². The summed E-state index contributed by atoms with van der Waals surface area (Å²) in [6.07, 6.45) is 9.10. The van der Waals surface area contributed by atoms with Crippen LogP contribution in [-0.2, 0) is 6.54 Å². The van der Waals surface area contributed by atoms with Gasteiger partial charge in [-0.3, -0.25) is 0 Å². The highest BCUT2D eigenvalue weighted by atomic mass is 15.0. The first kappa shape index (κ1) is 18.1. The Morgan fingerprint density at radius 1 is 0.690 bits per heavy atom. The quantitative estimate of drug-likeness (QED) is 0.340. The van der Waals surface area contributed by atoms with Gasteiger partial charge in [-0.2, -0.15) is 4.57 Å². The molecule has 0 N–H and O–H groups in total. The monoisotopic (exact) mass is 378 g/mol. The number of benzene rings is 3. The molecule has 1 aliphatic carbocycles. The van der Waals surface area contributed by atoms with Gasteiger partial charge in [0, 0.05) is 17.2 Å². The first-order chi connectivity index (χ1) is 14.4. The van der Waals surface area contributed by atoms with Gasteiger partial charge < -0.3 is 0 Å². The number of hydrogen-bond acceptors (Lipinski definition) is 0. The minimum atomic E-state index is 0.752. The van der Waals surface area contributed by atoms with Crippen LogP contribution >= 0.6 is 0 Å². The Balaban J connectivity index is 1.57. The smallest absolute Gasteiger partial charge is 0.193 e. The number of rotatable bonds is 4. The van der Waals surface area contributed by atoms with E-state index in [1.165, 1.54) is 65.3 Å². The van der Waals surface area contributed by atoms with Crippen molar-refractivity contribution >= 4 is 10.8 Å². The Bertz CT molecular complexity index is 1090. The predicted molar refractivity (Wildman–Crippen MR) is 121 cm³/mol. The fourth-order valence-electron chi connectivity index (χ4n) is 4.84. The largest absolute Gasteiger partial charge is 0.220 e. The van der Waals surface area contributed by atoms with Gasteiger partial charge in [0.05, 0.1) is 5.39 Å². The molecule has 0 spiro atoms. The lowest BCUT2D eigenvalue weighted by molar-refractivity contribution is -0.676. The molecule has 29 heavy (non-hydrogen) atoms. The van der Waals surface area contributed by atoms with Gasteiger partial charge in [-0.05, 0) is 47.9 Å². The molecule has 1 saturated carbocycles. The molecule has 0 atom stereocenters. The normalized spacial score (nSPS) is 14.9. The van der Waals surface area contributed by atoms with E-state index >= 15 is 0 Å². The highest BCUT2D eigenvalue weighted by Crippen LogP contribution is 2.34. The summed E-state index contributed by atoms with van der Waals surface area (Å²) < 4.78 is 2.40. The molecule has 3 aromatic carbocycles. The lowest BCUT2D eigenvalue weighted by atomic mass is 9.84. The highest BCUT2D eigenvalue weighted by molar-refractivity contribution is 5.92. The fourth-order valence-corrected chi connectivity index (χ4v) is 4.84. The molecule has 144 valence electrons. The Morgan fingerprint density at radius 2 is 1.41 bits per heavy atom. The number of nitrogens with zero attached hydrogens (tertiary/aromatic N) is 1. The average molecular weight is 379 g/mol. The van der Waals surface area contributed by atoms with Crippen LogP contribution in [0.1, 0.15) is 49.1 Å². The molecule has 5 rings (SSSR count). The number of aromatic nitrogens is 1. The topological polar surface area (TPSA) is 3.88 Å². The molecular formula is C28H28N+. The van der Waals surface area contributed by atoms with Crippen molar-refractivity contribution in [1.29, 1.82) is 0 Å². The summed E-state index contributed by atoms with van der Waals surface area (Å²) in [4.78, 5) is 0. The van der Waals surface area contributed by atoms with E-state index in [0.29, 0.717) is 0 Å². The summed E-state index contributed by atoms with van der Waals surface area (Å²) in [5.74, 6) is 0.752. The third-order valence-corrected chi connectivity index (χ3v) is 6.39. The SMILES string of the molecule is c1ccc(C[n+]2ccc3ccccc3c2-c2ccc(C3CCCCC3)cc2)cc1. The second kappa shape index (κ2) is 8.21. The zero-order chi connectivity index (χ0) is 19.5. The van der Waals surface area contributed by atoms with Crippen molar-refractivity contribution in [2.75, 3.05) is 0 Å². The molecule has 0 unspecified atom stereocenters. The van der Waals surface area contributed by atoms with Crippen LogP contribution in [0.3, 0.4) is 0 Å². The molecule has 0 bridgehead atoms. The minimum absolute atomic E-state index is 0.752. The number of pyridine rings is 1. The molecule has 1 aromatic heterocycles. The second-order valence-electron chi connectivity index (χ2n) is 8.32. The van der Waals surface area contributed by atoms with E-state index in [2.05, 4.69) is 95.7 Å². The van der Waals surface area contributed by atoms with Crippen molar-refractivity contribution in [3.8, 4) is 11.3 Å². The maximum atomic E-state index is 2.40. The van der Waals surface area contributed by atoms with Gasteiger partial charge >= 0.3 is 0 Å². The maximum absolute atomic E-state index is 2.40. The average Bonchev–Trinajstić information content (AvgIpc) is 2.80. The Hall–Kier alpha value is -2.93. The van der Waals surface area contributed by atoms with E-state index in [1.54, 1.807) is 0 Å². The molecule has 0 aliphatic heterocycles. The Labute approximate surface area is 173 Å². The van der Waals surface area contributed by atoms with E-state index in [-0.39, 0.29) is 0 Å². The number of fused-ring (bicyclic) bond motifs is 1. The Morgan fingerprint density at radius 3 is 2.21 bits per heavy atom. The highest BCUT2D eigenvalue weighted by Gasteiger charge is 2.20. The standard InChI is InChI=1S/C28H28N/c1-3-9-22(10-4-1)21-29-20-19-25-13-7-8-14-27(25)28(29)26-17-15-24(16-18-26)23-11-5-2-6-12-23/h1,3-4,7-10,13-20,23H,2,5-6,11-12,21H2/q+1. The lowest BCUT2D eigenvalue weighted by Gasteiger charge is -2.22. The van der Waals surface area contributed by atoms with Gasteiger partial charge in [-0.15, -0.1) is 0 Å². The van der Waals surface area contributed by atoms with Crippen LogP contribution in [-0.4, -0.2) is 0 Å². The van der Waals surface area contributed by atoms with E-state index in [1.807, 2.05) is 0 Å². The van der Waals surface area contributed by atoms with E-state index in [0.717, 1.165) is 12.5 Å². The van der Waals surface area contributed by atoms with Crippen LogP contribution in [0, 0.1) is 0 Å². The Kier molecular flexibility index (Phi) is 5.13. The molecule has 1 heterocycles. The zero-order valence-electron chi connectivity index (χ0n) is 16.9. The van der Waals surface area contributed by atoms with Crippen molar-refractivity contribution in [2.24, 2.45) is 0 Å². The molecule has 1 heteroatoms. The van der Waals surface area contributed by atoms with Crippen LogP contribution in [0.15, 0.2) is 91.1 Å². The van der Waals surface area contributed by atoms with Crippen molar-refractivity contribution in [1.82, 2.24) is 0 Å². The first-order valence-electron chi connectivity index (χ1n) is 10.9. The van der Waals surface area contributed by atoms with E-state index < -0.39 is 0 Å². The first-order valence-corrected chi connectivity index (χ1v) is 10.9. The molecule has 1 fully saturated rings. The summed E-state index contributed by atoms with van der Waals surface area (Å²) in [6.45, 7) is 0.880. The van der Waals surface area contributed by atoms with Gasteiger partial charge in [0.2, 0.25) is 5.69 Å².